The van der Waals surface area contributed by atoms with Crippen molar-refractivity contribution in [1.82, 2.24) is 15.5 Å². The minimum absolute atomic E-state index is 0.0612. The Morgan fingerprint density at radius 3 is 2.20 bits per heavy atom. The van der Waals surface area contributed by atoms with Crippen molar-refractivity contribution in [2.24, 2.45) is 0 Å². The van der Waals surface area contributed by atoms with Crippen molar-refractivity contribution in [2.75, 3.05) is 19.6 Å². The number of hydrogen-bond acceptors (Lipinski definition) is 3. The molecule has 0 aliphatic rings. The van der Waals surface area contributed by atoms with E-state index in [1.54, 1.807) is 0 Å². The van der Waals surface area contributed by atoms with Crippen LogP contribution < -0.4 is 10.6 Å². The van der Waals surface area contributed by atoms with Crippen molar-refractivity contribution in [3.8, 4) is 0 Å². The van der Waals surface area contributed by atoms with E-state index < -0.39 is 0 Å². The zero-order valence-electron chi connectivity index (χ0n) is 16.7. The van der Waals surface area contributed by atoms with Crippen LogP contribution in [0, 0.1) is 13.8 Å². The van der Waals surface area contributed by atoms with Gasteiger partial charge in [0.2, 0.25) is 11.8 Å². The van der Waals surface area contributed by atoms with E-state index in [-0.39, 0.29) is 36.5 Å². The molecule has 1 aromatic rings. The number of carbonyl (C=O) groups is 2. The second-order valence-electron chi connectivity index (χ2n) is 7.73. The maximum absolute atomic E-state index is 12.3. The fourth-order valence-electron chi connectivity index (χ4n) is 2.55. The van der Waals surface area contributed by atoms with Crippen molar-refractivity contribution in [2.45, 2.75) is 60.0 Å². The summed E-state index contributed by atoms with van der Waals surface area (Å²) in [5.74, 6) is -0.138. The van der Waals surface area contributed by atoms with Crippen molar-refractivity contribution in [3.63, 3.8) is 0 Å². The van der Waals surface area contributed by atoms with Crippen LogP contribution in [-0.4, -0.2) is 41.9 Å². The van der Waals surface area contributed by atoms with Crippen molar-refractivity contribution in [1.29, 1.82) is 0 Å². The van der Waals surface area contributed by atoms with E-state index in [1.165, 1.54) is 11.1 Å². The SMILES string of the molecule is CCN(CC(=O)NC(C)c1ccc(C)c(C)c1)CC(=O)NC(C)(C)C. The largest absolute Gasteiger partial charge is 0.350 e. The molecule has 0 spiro atoms. The summed E-state index contributed by atoms with van der Waals surface area (Å²) in [4.78, 5) is 26.2. The lowest BCUT2D eigenvalue weighted by molar-refractivity contribution is -0.126. The molecule has 0 radical (unpaired) electrons. The number of rotatable bonds is 7. The monoisotopic (exact) mass is 347 g/mol. The Morgan fingerprint density at radius 2 is 1.68 bits per heavy atom. The number of nitrogens with one attached hydrogen (secondary N) is 2. The highest BCUT2D eigenvalue weighted by Crippen LogP contribution is 2.16. The molecule has 2 amide bonds. The predicted octanol–water partition coefficient (Wildman–Crippen LogP) is 2.72. The van der Waals surface area contributed by atoms with Gasteiger partial charge in [0.05, 0.1) is 19.1 Å². The molecular weight excluding hydrogens is 314 g/mol. The first-order valence-electron chi connectivity index (χ1n) is 8.91. The van der Waals surface area contributed by atoms with E-state index in [2.05, 4.69) is 36.6 Å². The maximum atomic E-state index is 12.3. The second-order valence-corrected chi connectivity index (χ2v) is 7.73. The summed E-state index contributed by atoms with van der Waals surface area (Å²) in [6.07, 6.45) is 0. The normalized spacial score (nSPS) is 12.8. The molecule has 5 heteroatoms. The van der Waals surface area contributed by atoms with E-state index in [0.717, 1.165) is 5.56 Å². The molecule has 0 bridgehead atoms. The van der Waals surface area contributed by atoms with Crippen LogP contribution in [0.1, 0.15) is 57.4 Å². The van der Waals surface area contributed by atoms with Crippen molar-refractivity contribution < 1.29 is 9.59 Å². The van der Waals surface area contributed by atoms with E-state index >= 15 is 0 Å². The molecule has 0 aliphatic heterocycles. The molecule has 0 saturated heterocycles. The minimum atomic E-state index is -0.267. The van der Waals surface area contributed by atoms with Crippen LogP contribution in [-0.2, 0) is 9.59 Å². The minimum Gasteiger partial charge on any atom is -0.350 e. The Balaban J connectivity index is 2.57. The van der Waals surface area contributed by atoms with Gasteiger partial charge in [-0.2, -0.15) is 0 Å². The molecule has 0 heterocycles. The van der Waals surface area contributed by atoms with Gasteiger partial charge in [0.1, 0.15) is 0 Å². The zero-order chi connectivity index (χ0) is 19.2. The molecule has 2 N–H and O–H groups in total. The molecule has 25 heavy (non-hydrogen) atoms. The van der Waals surface area contributed by atoms with E-state index in [0.29, 0.717) is 6.54 Å². The van der Waals surface area contributed by atoms with Gasteiger partial charge in [-0.25, -0.2) is 0 Å². The number of hydrogen-bond donors (Lipinski definition) is 2. The summed E-state index contributed by atoms with van der Waals surface area (Å²) < 4.78 is 0. The fraction of sp³-hybridized carbons (Fsp3) is 0.600. The lowest BCUT2D eigenvalue weighted by Gasteiger charge is -2.25. The quantitative estimate of drug-likeness (QED) is 0.797. The van der Waals surface area contributed by atoms with Gasteiger partial charge in [-0.05, 0) is 64.8 Å². The standard InChI is InChI=1S/C20H33N3O2/c1-8-23(13-19(25)22-20(5,6)7)12-18(24)21-16(4)17-10-9-14(2)15(3)11-17/h9-11,16H,8,12-13H2,1-7H3,(H,21,24)(H,22,25). The average Bonchev–Trinajstić information content (AvgIpc) is 2.47. The zero-order valence-corrected chi connectivity index (χ0v) is 16.7. The molecule has 5 nitrogen and oxygen atoms in total. The summed E-state index contributed by atoms with van der Waals surface area (Å²) >= 11 is 0. The van der Waals surface area contributed by atoms with Gasteiger partial charge in [-0.1, -0.05) is 25.1 Å². The Hall–Kier alpha value is -1.88. The highest BCUT2D eigenvalue weighted by atomic mass is 16.2. The Kier molecular flexibility index (Phi) is 7.61. The van der Waals surface area contributed by atoms with Gasteiger partial charge in [0, 0.05) is 5.54 Å². The summed E-state index contributed by atoms with van der Waals surface area (Å²) in [6, 6.07) is 6.16. The third-order valence-electron chi connectivity index (χ3n) is 4.10. The van der Waals surface area contributed by atoms with E-state index in [1.807, 2.05) is 45.6 Å². The third-order valence-corrected chi connectivity index (χ3v) is 4.10. The third kappa shape index (κ3) is 7.69. The van der Waals surface area contributed by atoms with Crippen LogP contribution in [0.15, 0.2) is 18.2 Å². The van der Waals surface area contributed by atoms with Crippen molar-refractivity contribution >= 4 is 11.8 Å². The van der Waals surface area contributed by atoms with Crippen LogP contribution in [0.5, 0.6) is 0 Å². The molecule has 0 aliphatic carbocycles. The van der Waals surface area contributed by atoms with Gasteiger partial charge in [0.15, 0.2) is 0 Å². The first kappa shape index (κ1) is 21.2. The molecule has 0 saturated carbocycles. The van der Waals surface area contributed by atoms with E-state index in [4.69, 9.17) is 0 Å². The number of benzene rings is 1. The summed E-state index contributed by atoms with van der Waals surface area (Å²) in [5.41, 5.74) is 3.28. The molecule has 0 fully saturated rings. The molecular formula is C20H33N3O2. The molecule has 1 atom stereocenters. The number of amides is 2. The van der Waals surface area contributed by atoms with Gasteiger partial charge in [0.25, 0.3) is 0 Å². The molecule has 1 aromatic carbocycles. The molecule has 140 valence electrons. The highest BCUT2D eigenvalue weighted by molar-refractivity contribution is 5.81. The van der Waals surface area contributed by atoms with Crippen LogP contribution in [0.3, 0.4) is 0 Å². The topological polar surface area (TPSA) is 61.4 Å². The average molecular weight is 348 g/mol. The summed E-state index contributed by atoms with van der Waals surface area (Å²) in [7, 11) is 0. The maximum Gasteiger partial charge on any atom is 0.234 e. The van der Waals surface area contributed by atoms with Gasteiger partial charge < -0.3 is 10.6 Å². The van der Waals surface area contributed by atoms with Gasteiger partial charge in [-0.15, -0.1) is 0 Å². The lowest BCUT2D eigenvalue weighted by Crippen LogP contribution is -2.48. The van der Waals surface area contributed by atoms with Crippen LogP contribution in [0.25, 0.3) is 0 Å². The summed E-state index contributed by atoms with van der Waals surface area (Å²) in [5, 5.41) is 5.94. The van der Waals surface area contributed by atoms with Crippen LogP contribution >= 0.6 is 0 Å². The predicted molar refractivity (Wildman–Crippen MR) is 102 cm³/mol. The fourth-order valence-corrected chi connectivity index (χ4v) is 2.55. The number of aryl methyl sites for hydroxylation is 2. The Labute approximate surface area is 152 Å². The molecule has 1 rings (SSSR count). The molecule has 1 unspecified atom stereocenters. The Bertz CT molecular complexity index is 605. The van der Waals surface area contributed by atoms with Crippen molar-refractivity contribution in [3.05, 3.63) is 34.9 Å². The first-order chi connectivity index (χ1) is 11.5. The summed E-state index contributed by atoms with van der Waals surface area (Å²) in [6.45, 7) is 15.0. The first-order valence-corrected chi connectivity index (χ1v) is 8.91. The van der Waals surface area contributed by atoms with Crippen LogP contribution in [0.2, 0.25) is 0 Å². The smallest absolute Gasteiger partial charge is 0.234 e. The van der Waals surface area contributed by atoms with Crippen LogP contribution in [0.4, 0.5) is 0 Å². The highest BCUT2D eigenvalue weighted by Gasteiger charge is 2.18. The van der Waals surface area contributed by atoms with Gasteiger partial charge in [-0.3, -0.25) is 14.5 Å². The number of carbonyl (C=O) groups excluding carboxylic acids is 2. The Morgan fingerprint density at radius 1 is 1.08 bits per heavy atom. The number of likely N-dealkylation sites (N-methyl/N-ethyl adjacent to an activating group) is 1. The number of nitrogens with zero attached hydrogens (tertiary/aromatic N) is 1. The van der Waals surface area contributed by atoms with E-state index in [9.17, 15) is 9.59 Å². The van der Waals surface area contributed by atoms with Gasteiger partial charge >= 0.3 is 0 Å². The lowest BCUT2D eigenvalue weighted by atomic mass is 10.0. The second kappa shape index (κ2) is 8.99. The molecule has 0 aromatic heterocycles.